The standard InChI is InChI=1S/C25H30O4/c1-17(8-7-11-19-9-5-4-6-10-19)16-21-18(2)25(13-14-25)24(3)22(20(21)12-15-26)28-23(27)29-24/h4-6,8-10,12,22,26H,7,11,13-16H2,1-3H3/b17-8+,20-12-/t22-,24-/m0/s1. The first-order valence-corrected chi connectivity index (χ1v) is 10.5. The first-order chi connectivity index (χ1) is 13.9. The third-order valence-electron chi connectivity index (χ3n) is 7.05. The molecule has 0 unspecified atom stereocenters. The summed E-state index contributed by atoms with van der Waals surface area (Å²) in [4.78, 5) is 12.0. The third-order valence-corrected chi connectivity index (χ3v) is 7.05. The van der Waals surface area contributed by atoms with Crippen molar-refractivity contribution in [3.63, 3.8) is 0 Å². The summed E-state index contributed by atoms with van der Waals surface area (Å²) in [6, 6.07) is 10.5. The molecular weight excluding hydrogens is 364 g/mol. The third kappa shape index (κ3) is 3.33. The fraction of sp³-hybridized carbons (Fsp3) is 0.480. The quantitative estimate of drug-likeness (QED) is 0.527. The summed E-state index contributed by atoms with van der Waals surface area (Å²) >= 11 is 0. The van der Waals surface area contributed by atoms with Crippen LogP contribution in [0.1, 0.15) is 52.0 Å². The molecule has 154 valence electrons. The number of carbonyl (C=O) groups is 1. The van der Waals surface area contributed by atoms with E-state index in [2.05, 4.69) is 44.2 Å². The van der Waals surface area contributed by atoms with Crippen LogP contribution >= 0.6 is 0 Å². The van der Waals surface area contributed by atoms with Gasteiger partial charge in [0.1, 0.15) is 0 Å². The highest BCUT2D eigenvalue weighted by Gasteiger charge is 2.71. The molecule has 1 spiro atoms. The Bertz CT molecular complexity index is 889. The summed E-state index contributed by atoms with van der Waals surface area (Å²) in [6.07, 6.45) is 7.88. The van der Waals surface area contributed by atoms with Crippen LogP contribution in [0.4, 0.5) is 4.79 Å². The first kappa shape index (κ1) is 20.0. The van der Waals surface area contributed by atoms with Crippen LogP contribution in [-0.2, 0) is 15.9 Å². The minimum atomic E-state index is -0.677. The van der Waals surface area contributed by atoms with Crippen molar-refractivity contribution in [2.24, 2.45) is 5.41 Å². The van der Waals surface area contributed by atoms with Gasteiger partial charge >= 0.3 is 6.16 Å². The molecule has 1 N–H and O–H groups in total. The van der Waals surface area contributed by atoms with Gasteiger partial charge in [0.25, 0.3) is 0 Å². The fourth-order valence-corrected chi connectivity index (χ4v) is 5.24. The second-order valence-corrected chi connectivity index (χ2v) is 8.74. The van der Waals surface area contributed by atoms with Crippen molar-refractivity contribution in [3.05, 3.63) is 70.3 Å². The second-order valence-electron chi connectivity index (χ2n) is 8.74. The molecule has 1 aromatic carbocycles. The van der Waals surface area contributed by atoms with E-state index in [-0.39, 0.29) is 12.0 Å². The van der Waals surface area contributed by atoms with Gasteiger partial charge in [0.2, 0.25) is 0 Å². The number of aryl methyl sites for hydroxylation is 1. The van der Waals surface area contributed by atoms with E-state index in [0.717, 1.165) is 37.7 Å². The topological polar surface area (TPSA) is 55.8 Å². The van der Waals surface area contributed by atoms with Gasteiger partial charge in [0.15, 0.2) is 11.7 Å². The van der Waals surface area contributed by atoms with Crippen LogP contribution in [0.25, 0.3) is 0 Å². The number of aliphatic hydroxyl groups excluding tert-OH is 1. The van der Waals surface area contributed by atoms with Crippen molar-refractivity contribution < 1.29 is 19.4 Å². The smallest absolute Gasteiger partial charge is 0.423 e. The molecule has 29 heavy (non-hydrogen) atoms. The summed E-state index contributed by atoms with van der Waals surface area (Å²) in [5, 5.41) is 9.64. The highest BCUT2D eigenvalue weighted by molar-refractivity contribution is 5.68. The zero-order valence-electron chi connectivity index (χ0n) is 17.5. The van der Waals surface area contributed by atoms with Crippen LogP contribution < -0.4 is 0 Å². The first-order valence-electron chi connectivity index (χ1n) is 10.5. The largest absolute Gasteiger partial charge is 0.509 e. The Labute approximate surface area is 172 Å². The molecule has 0 aromatic heterocycles. The normalized spacial score (nSPS) is 29.1. The van der Waals surface area contributed by atoms with Crippen molar-refractivity contribution in [2.75, 3.05) is 6.61 Å². The number of carbonyl (C=O) groups excluding carboxylic acids is 1. The zero-order chi connectivity index (χ0) is 20.6. The van der Waals surface area contributed by atoms with Crippen molar-refractivity contribution in [3.8, 4) is 0 Å². The molecule has 1 saturated heterocycles. The molecule has 0 radical (unpaired) electrons. The minimum Gasteiger partial charge on any atom is -0.423 e. The number of hydrogen-bond donors (Lipinski definition) is 1. The van der Waals surface area contributed by atoms with Gasteiger partial charge in [-0.25, -0.2) is 4.79 Å². The van der Waals surface area contributed by atoms with E-state index in [9.17, 15) is 9.90 Å². The maximum atomic E-state index is 12.0. The van der Waals surface area contributed by atoms with Gasteiger partial charge in [0.05, 0.1) is 6.61 Å². The van der Waals surface area contributed by atoms with Crippen LogP contribution in [0.2, 0.25) is 0 Å². The molecule has 4 rings (SSSR count). The number of rotatable bonds is 6. The lowest BCUT2D eigenvalue weighted by molar-refractivity contribution is -0.00198. The highest BCUT2D eigenvalue weighted by Crippen LogP contribution is 2.68. The lowest BCUT2D eigenvalue weighted by atomic mass is 9.65. The van der Waals surface area contributed by atoms with Gasteiger partial charge in [-0.1, -0.05) is 53.6 Å². The van der Waals surface area contributed by atoms with Crippen molar-refractivity contribution in [2.45, 2.75) is 64.6 Å². The molecule has 0 bridgehead atoms. The average molecular weight is 395 g/mol. The zero-order valence-corrected chi connectivity index (χ0v) is 17.5. The highest BCUT2D eigenvalue weighted by atomic mass is 16.8. The summed E-state index contributed by atoms with van der Waals surface area (Å²) in [5.74, 6) is 0. The Morgan fingerprint density at radius 2 is 2.00 bits per heavy atom. The lowest BCUT2D eigenvalue weighted by Crippen LogP contribution is -2.50. The van der Waals surface area contributed by atoms with Gasteiger partial charge in [-0.15, -0.1) is 0 Å². The van der Waals surface area contributed by atoms with Crippen molar-refractivity contribution in [1.29, 1.82) is 0 Å². The predicted molar refractivity (Wildman–Crippen MR) is 112 cm³/mol. The van der Waals surface area contributed by atoms with E-state index >= 15 is 0 Å². The summed E-state index contributed by atoms with van der Waals surface area (Å²) < 4.78 is 11.3. The molecule has 0 amide bonds. The van der Waals surface area contributed by atoms with Gasteiger partial charge < -0.3 is 14.6 Å². The maximum Gasteiger partial charge on any atom is 0.509 e. The van der Waals surface area contributed by atoms with Crippen LogP contribution in [-0.4, -0.2) is 29.6 Å². The minimum absolute atomic E-state index is 0.0833. The Hall–Kier alpha value is -2.33. The fourth-order valence-electron chi connectivity index (χ4n) is 5.24. The molecule has 1 saturated carbocycles. The van der Waals surface area contributed by atoms with E-state index < -0.39 is 17.9 Å². The molecule has 2 fully saturated rings. The van der Waals surface area contributed by atoms with Crippen LogP contribution in [0.3, 0.4) is 0 Å². The van der Waals surface area contributed by atoms with E-state index in [4.69, 9.17) is 9.47 Å². The average Bonchev–Trinajstić information content (AvgIpc) is 3.45. The van der Waals surface area contributed by atoms with E-state index in [1.165, 1.54) is 22.3 Å². The summed E-state index contributed by atoms with van der Waals surface area (Å²) in [6.45, 7) is 6.23. The van der Waals surface area contributed by atoms with E-state index in [0.29, 0.717) is 0 Å². The second kappa shape index (κ2) is 7.49. The van der Waals surface area contributed by atoms with Crippen LogP contribution in [0.5, 0.6) is 0 Å². The predicted octanol–water partition coefficient (Wildman–Crippen LogP) is 5.28. The Kier molecular flexibility index (Phi) is 5.16. The SMILES string of the molecule is CC1=C(C/C(C)=C/CCc2ccccc2)/C(=C/CO)[C@@H]2OC(=O)O[C@]2(C)C12CC2. The number of hydrogen-bond acceptors (Lipinski definition) is 4. The van der Waals surface area contributed by atoms with E-state index in [1.54, 1.807) is 6.08 Å². The number of ether oxygens (including phenoxy) is 2. The Balaban J connectivity index is 1.59. The molecular formula is C25H30O4. The summed E-state index contributed by atoms with van der Waals surface area (Å²) in [7, 11) is 0. The summed E-state index contributed by atoms with van der Waals surface area (Å²) in [5.41, 5.74) is 5.22. The molecule has 1 heterocycles. The Morgan fingerprint density at radius 1 is 1.28 bits per heavy atom. The molecule has 3 aliphatic rings. The maximum absolute atomic E-state index is 12.0. The molecule has 1 aromatic rings. The molecule has 4 nitrogen and oxygen atoms in total. The monoisotopic (exact) mass is 394 g/mol. The van der Waals surface area contributed by atoms with Crippen molar-refractivity contribution in [1.82, 2.24) is 0 Å². The van der Waals surface area contributed by atoms with Gasteiger partial charge in [-0.05, 0) is 69.6 Å². The van der Waals surface area contributed by atoms with Gasteiger partial charge in [-0.2, -0.15) is 0 Å². The number of fused-ring (bicyclic) bond motifs is 2. The number of benzene rings is 1. The number of aliphatic hydroxyl groups is 1. The van der Waals surface area contributed by atoms with Crippen LogP contribution in [0, 0.1) is 5.41 Å². The number of allylic oxidation sites excluding steroid dienone is 2. The Morgan fingerprint density at radius 3 is 2.66 bits per heavy atom. The molecule has 2 aliphatic carbocycles. The van der Waals surface area contributed by atoms with Crippen LogP contribution in [0.15, 0.2) is 64.8 Å². The molecule has 1 aliphatic heterocycles. The van der Waals surface area contributed by atoms with Gasteiger partial charge in [0, 0.05) is 5.41 Å². The lowest BCUT2D eigenvalue weighted by Gasteiger charge is -2.43. The van der Waals surface area contributed by atoms with Crippen molar-refractivity contribution >= 4 is 6.16 Å². The molecule has 4 heteroatoms. The van der Waals surface area contributed by atoms with E-state index in [1.807, 2.05) is 13.0 Å². The molecule has 2 atom stereocenters. The van der Waals surface area contributed by atoms with Gasteiger partial charge in [-0.3, -0.25) is 0 Å².